The van der Waals surface area contributed by atoms with Crippen LogP contribution < -0.4 is 0 Å². The number of nitrogens with zero attached hydrogens (tertiary/aromatic N) is 1. The lowest BCUT2D eigenvalue weighted by atomic mass is 9.92. The van der Waals surface area contributed by atoms with Crippen molar-refractivity contribution >= 4 is 40.8 Å². The number of thiophene rings is 1. The summed E-state index contributed by atoms with van der Waals surface area (Å²) in [4.78, 5) is 16.9. The van der Waals surface area contributed by atoms with Crippen molar-refractivity contribution in [3.05, 3.63) is 93.2 Å². The van der Waals surface area contributed by atoms with Crippen LogP contribution in [0.5, 0.6) is 0 Å². The van der Waals surface area contributed by atoms with Crippen molar-refractivity contribution in [3.63, 3.8) is 0 Å². The number of rotatable bonds is 3. The van der Waals surface area contributed by atoms with Crippen LogP contribution in [0.4, 0.5) is 0 Å². The summed E-state index contributed by atoms with van der Waals surface area (Å²) >= 11 is 5.80. The maximum atomic E-state index is 13.5. The zero-order valence-electron chi connectivity index (χ0n) is 15.4. The molecule has 2 aliphatic heterocycles. The summed E-state index contributed by atoms with van der Waals surface area (Å²) < 4.78 is 0.518. The van der Waals surface area contributed by atoms with Gasteiger partial charge in [0, 0.05) is 28.5 Å². The molecule has 1 saturated heterocycles. The number of hydrogen-bond donors (Lipinski definition) is 0. The van der Waals surface area contributed by atoms with Crippen LogP contribution in [0.1, 0.15) is 42.5 Å². The van der Waals surface area contributed by atoms with Crippen molar-refractivity contribution in [2.24, 2.45) is 0 Å². The molecular weight excluding hydrogens is 402 g/mol. The number of hydrogen-bond acceptors (Lipinski definition) is 4. The van der Waals surface area contributed by atoms with Crippen LogP contribution in [-0.4, -0.2) is 28.9 Å². The molecule has 0 spiro atoms. The van der Waals surface area contributed by atoms with Gasteiger partial charge in [0.25, 0.3) is 5.91 Å². The lowest BCUT2D eigenvalue weighted by Crippen LogP contribution is -2.40. The molecule has 1 amide bonds. The summed E-state index contributed by atoms with van der Waals surface area (Å²) in [5, 5.41) is 2.15. The van der Waals surface area contributed by atoms with E-state index in [4.69, 9.17) is 0 Å². The Morgan fingerprint density at radius 3 is 2.39 bits per heavy atom. The Bertz CT molecular complexity index is 961. The van der Waals surface area contributed by atoms with Gasteiger partial charge in [0.15, 0.2) is 0 Å². The van der Waals surface area contributed by atoms with Crippen molar-refractivity contribution in [2.45, 2.75) is 17.0 Å². The van der Waals surface area contributed by atoms with Gasteiger partial charge >= 0.3 is 0 Å². The highest BCUT2D eigenvalue weighted by Crippen LogP contribution is 2.45. The van der Waals surface area contributed by atoms with Crippen LogP contribution >= 0.6 is 34.9 Å². The molecule has 0 aliphatic carbocycles. The van der Waals surface area contributed by atoms with Gasteiger partial charge < -0.3 is 4.90 Å². The summed E-state index contributed by atoms with van der Waals surface area (Å²) in [7, 11) is 0. The third-order valence-electron chi connectivity index (χ3n) is 5.39. The average molecular weight is 424 g/mol. The summed E-state index contributed by atoms with van der Waals surface area (Å²) in [5.41, 5.74) is 4.58. The molecule has 3 heterocycles. The van der Waals surface area contributed by atoms with Gasteiger partial charge in [-0.25, -0.2) is 0 Å². The fourth-order valence-electron chi connectivity index (χ4n) is 4.03. The van der Waals surface area contributed by atoms with Crippen molar-refractivity contribution in [2.75, 3.05) is 18.1 Å². The van der Waals surface area contributed by atoms with E-state index in [1.54, 1.807) is 11.3 Å². The van der Waals surface area contributed by atoms with E-state index >= 15 is 0 Å². The molecule has 0 radical (unpaired) electrons. The van der Waals surface area contributed by atoms with Crippen LogP contribution in [-0.2, 0) is 6.42 Å². The Hall–Kier alpha value is -1.69. The fraction of sp³-hybridized carbons (Fsp3) is 0.261. The maximum absolute atomic E-state index is 13.5. The van der Waals surface area contributed by atoms with E-state index < -0.39 is 0 Å². The van der Waals surface area contributed by atoms with Crippen molar-refractivity contribution in [1.29, 1.82) is 0 Å². The molecule has 1 atom stereocenters. The second-order valence-corrected chi connectivity index (χ2v) is 10.8. The third kappa shape index (κ3) is 3.40. The molecule has 28 heavy (non-hydrogen) atoms. The first-order chi connectivity index (χ1) is 13.8. The van der Waals surface area contributed by atoms with Crippen LogP contribution in [0.15, 0.2) is 66.0 Å². The first-order valence-electron chi connectivity index (χ1n) is 9.56. The highest BCUT2D eigenvalue weighted by molar-refractivity contribution is 8.19. The minimum atomic E-state index is 0.00400. The van der Waals surface area contributed by atoms with Gasteiger partial charge in [-0.2, -0.15) is 0 Å². The number of amides is 1. The molecule has 0 N–H and O–H groups in total. The first kappa shape index (κ1) is 18.3. The van der Waals surface area contributed by atoms with Crippen LogP contribution in [0.25, 0.3) is 0 Å². The zero-order chi connectivity index (χ0) is 18.9. The highest BCUT2D eigenvalue weighted by Gasteiger charge is 2.33. The summed E-state index contributed by atoms with van der Waals surface area (Å²) in [6.45, 7) is 0.766. The zero-order valence-corrected chi connectivity index (χ0v) is 17.9. The molecule has 0 saturated carbocycles. The molecule has 1 fully saturated rings. The number of carbonyl (C=O) groups excluding carboxylic acids is 1. The summed E-state index contributed by atoms with van der Waals surface area (Å²) in [6, 6.07) is 20.9. The largest absolute Gasteiger partial charge is 0.327 e. The standard InChI is InChI=1S/C23H21NOS3/c25-22(17-6-8-18(9-7-17)23-27-14-15-28-23)24-12-10-20-19(11-13-26-20)21(24)16-4-2-1-3-5-16/h1-9,11,13,21,23H,10,12,14-15H2/t21-/m1/s1. The van der Waals surface area contributed by atoms with Gasteiger partial charge in [-0.15, -0.1) is 34.9 Å². The third-order valence-corrected chi connectivity index (χ3v) is 9.49. The van der Waals surface area contributed by atoms with Crippen LogP contribution in [0, 0.1) is 0 Å². The second-order valence-electron chi connectivity index (χ2n) is 7.06. The Balaban J connectivity index is 1.46. The molecule has 5 heteroatoms. The predicted octanol–water partition coefficient (Wildman–Crippen LogP) is 6.01. The first-order valence-corrected chi connectivity index (χ1v) is 12.5. The Morgan fingerprint density at radius 2 is 1.64 bits per heavy atom. The van der Waals surface area contributed by atoms with E-state index in [2.05, 4.69) is 52.7 Å². The van der Waals surface area contributed by atoms with Gasteiger partial charge in [-0.05, 0) is 46.7 Å². The summed E-state index contributed by atoms with van der Waals surface area (Å²) in [6.07, 6.45) is 0.940. The molecule has 2 aromatic carbocycles. The van der Waals surface area contributed by atoms with E-state index in [9.17, 15) is 4.79 Å². The fourth-order valence-corrected chi connectivity index (χ4v) is 7.79. The lowest BCUT2D eigenvalue weighted by Gasteiger charge is -2.36. The minimum Gasteiger partial charge on any atom is -0.327 e. The molecule has 2 aliphatic rings. The average Bonchev–Trinajstić information content (AvgIpc) is 3.45. The van der Waals surface area contributed by atoms with E-state index in [0.29, 0.717) is 4.58 Å². The normalized spacial score (nSPS) is 19.6. The van der Waals surface area contributed by atoms with E-state index in [1.165, 1.54) is 33.1 Å². The molecule has 2 nitrogen and oxygen atoms in total. The second kappa shape index (κ2) is 7.97. The smallest absolute Gasteiger partial charge is 0.254 e. The van der Waals surface area contributed by atoms with Crippen LogP contribution in [0.3, 0.4) is 0 Å². The van der Waals surface area contributed by atoms with Crippen molar-refractivity contribution < 1.29 is 4.79 Å². The van der Waals surface area contributed by atoms with Gasteiger partial charge in [-0.3, -0.25) is 4.79 Å². The number of carbonyl (C=O) groups is 1. The van der Waals surface area contributed by atoms with Gasteiger partial charge in [0.2, 0.25) is 0 Å². The van der Waals surface area contributed by atoms with Crippen molar-refractivity contribution in [1.82, 2.24) is 4.90 Å². The Morgan fingerprint density at radius 1 is 0.893 bits per heavy atom. The minimum absolute atomic E-state index is 0.00400. The van der Waals surface area contributed by atoms with Gasteiger partial charge in [0.1, 0.15) is 0 Å². The molecule has 142 valence electrons. The number of benzene rings is 2. The summed E-state index contributed by atoms with van der Waals surface area (Å²) in [5.74, 6) is 2.56. The molecule has 0 bridgehead atoms. The highest BCUT2D eigenvalue weighted by atomic mass is 32.2. The van der Waals surface area contributed by atoms with Crippen LogP contribution in [0.2, 0.25) is 0 Å². The molecule has 1 aromatic heterocycles. The molecule has 0 unspecified atom stereocenters. The Kier molecular flexibility index (Phi) is 5.22. The SMILES string of the molecule is O=C(c1ccc(C2SCCS2)cc1)N1CCc2sccc2[C@H]1c1ccccc1. The quantitative estimate of drug-likeness (QED) is 0.514. The Labute approximate surface area is 178 Å². The van der Waals surface area contributed by atoms with Gasteiger partial charge in [0.05, 0.1) is 10.6 Å². The number of thioether (sulfide) groups is 2. The van der Waals surface area contributed by atoms with Crippen molar-refractivity contribution in [3.8, 4) is 0 Å². The maximum Gasteiger partial charge on any atom is 0.254 e. The predicted molar refractivity (Wildman–Crippen MR) is 121 cm³/mol. The topological polar surface area (TPSA) is 20.3 Å². The van der Waals surface area contributed by atoms with E-state index in [0.717, 1.165) is 18.5 Å². The van der Waals surface area contributed by atoms with E-state index in [-0.39, 0.29) is 11.9 Å². The molecule has 3 aromatic rings. The monoisotopic (exact) mass is 423 g/mol. The molecular formula is C23H21NOS3. The lowest BCUT2D eigenvalue weighted by molar-refractivity contribution is 0.0696. The van der Waals surface area contributed by atoms with E-state index in [1.807, 2.05) is 41.7 Å². The van der Waals surface area contributed by atoms with Gasteiger partial charge in [-0.1, -0.05) is 42.5 Å². The molecule has 5 rings (SSSR count). The number of fused-ring (bicyclic) bond motifs is 1.